The molecule has 4 nitrogen and oxygen atoms in total. The molecule has 1 saturated heterocycles. The predicted octanol–water partition coefficient (Wildman–Crippen LogP) is 1.87. The van der Waals surface area contributed by atoms with Gasteiger partial charge in [0.2, 0.25) is 0 Å². The third kappa shape index (κ3) is 3.87. The molecule has 1 aliphatic carbocycles. The van der Waals surface area contributed by atoms with Crippen molar-refractivity contribution in [1.82, 2.24) is 10.2 Å². The van der Waals surface area contributed by atoms with Gasteiger partial charge in [0.15, 0.2) is 0 Å². The normalized spacial score (nSPS) is 27.4. The molecule has 2 unspecified atom stereocenters. The number of aliphatic hydroxyl groups is 1. The van der Waals surface area contributed by atoms with Gasteiger partial charge in [0.05, 0.1) is 6.10 Å². The Labute approximate surface area is 103 Å². The molecule has 0 aromatic rings. The summed E-state index contributed by atoms with van der Waals surface area (Å²) in [6, 6.07) is 0.717. The van der Waals surface area contributed by atoms with Crippen LogP contribution in [-0.2, 0) is 0 Å². The quantitative estimate of drug-likeness (QED) is 0.791. The Morgan fingerprint density at radius 2 is 2.12 bits per heavy atom. The van der Waals surface area contributed by atoms with Crippen LogP contribution in [0.1, 0.15) is 51.9 Å². The smallest absolute Gasteiger partial charge is 0.317 e. The van der Waals surface area contributed by atoms with Gasteiger partial charge in [-0.25, -0.2) is 4.79 Å². The maximum Gasteiger partial charge on any atom is 0.317 e. The van der Waals surface area contributed by atoms with Crippen molar-refractivity contribution in [3.8, 4) is 0 Å². The molecule has 0 aromatic carbocycles. The second-order valence-electron chi connectivity index (χ2n) is 5.51. The first-order chi connectivity index (χ1) is 8.16. The van der Waals surface area contributed by atoms with E-state index in [4.69, 9.17) is 0 Å². The molecule has 2 N–H and O–H groups in total. The molecule has 1 saturated carbocycles. The van der Waals surface area contributed by atoms with Gasteiger partial charge in [-0.2, -0.15) is 0 Å². The number of urea groups is 1. The van der Waals surface area contributed by atoms with Gasteiger partial charge in [-0.05, 0) is 39.0 Å². The summed E-state index contributed by atoms with van der Waals surface area (Å²) in [5.74, 6) is 0. The minimum atomic E-state index is -0.325. The van der Waals surface area contributed by atoms with E-state index in [1.165, 1.54) is 12.8 Å². The highest BCUT2D eigenvalue weighted by Gasteiger charge is 2.30. The third-order valence-corrected chi connectivity index (χ3v) is 3.66. The number of nitrogens with zero attached hydrogens (tertiary/aromatic N) is 1. The van der Waals surface area contributed by atoms with Gasteiger partial charge in [-0.3, -0.25) is 0 Å². The van der Waals surface area contributed by atoms with Crippen molar-refractivity contribution in [3.63, 3.8) is 0 Å². The molecule has 1 heterocycles. The number of carbonyl (C=O) groups excluding carboxylic acids is 1. The lowest BCUT2D eigenvalue weighted by atomic mass is 10.0. The molecule has 4 heteroatoms. The van der Waals surface area contributed by atoms with Crippen LogP contribution < -0.4 is 5.32 Å². The maximum absolute atomic E-state index is 12.1. The Morgan fingerprint density at radius 1 is 1.35 bits per heavy atom. The number of carbonyl (C=O) groups is 1. The van der Waals surface area contributed by atoms with E-state index in [0.717, 1.165) is 32.2 Å². The monoisotopic (exact) mass is 240 g/mol. The fourth-order valence-electron chi connectivity index (χ4n) is 2.57. The number of aliphatic hydroxyl groups excluding tert-OH is 1. The molecule has 0 radical (unpaired) electrons. The van der Waals surface area contributed by atoms with Crippen molar-refractivity contribution in [1.29, 1.82) is 0 Å². The standard InChI is InChI=1S/C13H24N2O2/c1-10(16)9-12-5-3-2-4-8-15(12)13(17)14-11-6-7-11/h10-12,16H,2-9H2,1H3,(H,14,17). The number of hydrogen-bond acceptors (Lipinski definition) is 2. The Bertz CT molecular complexity index is 264. The first-order valence-electron chi connectivity index (χ1n) is 6.92. The lowest BCUT2D eigenvalue weighted by Gasteiger charge is -2.31. The molecule has 2 aliphatic rings. The van der Waals surface area contributed by atoms with E-state index < -0.39 is 0 Å². The van der Waals surface area contributed by atoms with E-state index in [2.05, 4.69) is 5.32 Å². The Kier molecular flexibility index (Phi) is 4.26. The molecule has 17 heavy (non-hydrogen) atoms. The van der Waals surface area contributed by atoms with E-state index >= 15 is 0 Å². The highest BCUT2D eigenvalue weighted by Crippen LogP contribution is 2.23. The lowest BCUT2D eigenvalue weighted by Crippen LogP contribution is -2.47. The number of nitrogens with one attached hydrogen (secondary N) is 1. The summed E-state index contributed by atoms with van der Waals surface area (Å²) in [6.07, 6.45) is 7.12. The molecule has 98 valence electrons. The van der Waals surface area contributed by atoms with Crippen molar-refractivity contribution in [2.75, 3.05) is 6.54 Å². The van der Waals surface area contributed by atoms with E-state index in [1.807, 2.05) is 11.8 Å². The van der Waals surface area contributed by atoms with Crippen LogP contribution in [0.3, 0.4) is 0 Å². The number of amides is 2. The number of rotatable bonds is 3. The van der Waals surface area contributed by atoms with E-state index in [-0.39, 0.29) is 18.2 Å². The van der Waals surface area contributed by atoms with Crippen molar-refractivity contribution in [2.24, 2.45) is 0 Å². The molecule has 2 atom stereocenters. The van der Waals surface area contributed by atoms with Crippen molar-refractivity contribution in [2.45, 2.75) is 70.1 Å². The Hall–Kier alpha value is -0.770. The minimum Gasteiger partial charge on any atom is -0.393 e. The van der Waals surface area contributed by atoms with Crippen LogP contribution in [0.2, 0.25) is 0 Å². The van der Waals surface area contributed by atoms with E-state index in [9.17, 15) is 9.90 Å². The zero-order chi connectivity index (χ0) is 12.3. The fourth-order valence-corrected chi connectivity index (χ4v) is 2.57. The van der Waals surface area contributed by atoms with Gasteiger partial charge in [0, 0.05) is 18.6 Å². The van der Waals surface area contributed by atoms with E-state index in [1.54, 1.807) is 0 Å². The predicted molar refractivity (Wildman–Crippen MR) is 66.8 cm³/mol. The number of hydrogen-bond donors (Lipinski definition) is 2. The van der Waals surface area contributed by atoms with Gasteiger partial charge >= 0.3 is 6.03 Å². The van der Waals surface area contributed by atoms with Crippen LogP contribution in [0, 0.1) is 0 Å². The SMILES string of the molecule is CC(O)CC1CCCCCN1C(=O)NC1CC1. The van der Waals surface area contributed by atoms with Gasteiger partial charge in [-0.1, -0.05) is 12.8 Å². The summed E-state index contributed by atoms with van der Waals surface area (Å²) >= 11 is 0. The molecular formula is C13H24N2O2. The topological polar surface area (TPSA) is 52.6 Å². The molecule has 0 spiro atoms. The summed E-state index contributed by atoms with van der Waals surface area (Å²) in [7, 11) is 0. The molecule has 1 aliphatic heterocycles. The van der Waals surface area contributed by atoms with E-state index in [0.29, 0.717) is 12.5 Å². The van der Waals surface area contributed by atoms with Gasteiger partial charge in [-0.15, -0.1) is 0 Å². The summed E-state index contributed by atoms with van der Waals surface area (Å²) in [4.78, 5) is 14.1. The molecule has 2 amide bonds. The summed E-state index contributed by atoms with van der Waals surface area (Å²) in [6.45, 7) is 2.65. The Balaban J connectivity index is 1.94. The van der Waals surface area contributed by atoms with Crippen LogP contribution in [0.4, 0.5) is 4.79 Å². The van der Waals surface area contributed by atoms with Crippen molar-refractivity contribution < 1.29 is 9.90 Å². The first-order valence-corrected chi connectivity index (χ1v) is 6.92. The van der Waals surface area contributed by atoms with Crippen LogP contribution in [-0.4, -0.2) is 40.8 Å². The Morgan fingerprint density at radius 3 is 2.76 bits per heavy atom. The van der Waals surface area contributed by atoms with Crippen molar-refractivity contribution >= 4 is 6.03 Å². The number of likely N-dealkylation sites (tertiary alicyclic amines) is 1. The summed E-state index contributed by atoms with van der Waals surface area (Å²) in [5.41, 5.74) is 0. The average Bonchev–Trinajstić information content (AvgIpc) is 3.04. The molecule has 0 bridgehead atoms. The highest BCUT2D eigenvalue weighted by molar-refractivity contribution is 5.75. The second-order valence-corrected chi connectivity index (χ2v) is 5.51. The zero-order valence-electron chi connectivity index (χ0n) is 10.7. The van der Waals surface area contributed by atoms with Crippen LogP contribution in [0.15, 0.2) is 0 Å². The van der Waals surface area contributed by atoms with Gasteiger partial charge in [0.25, 0.3) is 0 Å². The maximum atomic E-state index is 12.1. The second kappa shape index (κ2) is 5.71. The van der Waals surface area contributed by atoms with Crippen LogP contribution in [0.5, 0.6) is 0 Å². The average molecular weight is 240 g/mol. The van der Waals surface area contributed by atoms with Crippen LogP contribution in [0.25, 0.3) is 0 Å². The minimum absolute atomic E-state index is 0.0834. The fraction of sp³-hybridized carbons (Fsp3) is 0.923. The molecular weight excluding hydrogens is 216 g/mol. The summed E-state index contributed by atoms with van der Waals surface area (Å²) in [5, 5.41) is 12.6. The summed E-state index contributed by atoms with van der Waals surface area (Å²) < 4.78 is 0. The molecule has 2 fully saturated rings. The lowest BCUT2D eigenvalue weighted by molar-refractivity contribution is 0.122. The highest BCUT2D eigenvalue weighted by atomic mass is 16.3. The van der Waals surface area contributed by atoms with Crippen molar-refractivity contribution in [3.05, 3.63) is 0 Å². The third-order valence-electron chi connectivity index (χ3n) is 3.66. The van der Waals surface area contributed by atoms with Gasteiger partial charge in [0.1, 0.15) is 0 Å². The zero-order valence-corrected chi connectivity index (χ0v) is 10.7. The van der Waals surface area contributed by atoms with Crippen LogP contribution >= 0.6 is 0 Å². The molecule has 2 rings (SSSR count). The van der Waals surface area contributed by atoms with Gasteiger partial charge < -0.3 is 15.3 Å². The largest absolute Gasteiger partial charge is 0.393 e. The molecule has 0 aromatic heterocycles. The first kappa shape index (κ1) is 12.7.